The van der Waals surface area contributed by atoms with Gasteiger partial charge in [-0.1, -0.05) is 0 Å². The van der Waals surface area contributed by atoms with Gasteiger partial charge in [-0.05, 0) is 30.3 Å². The van der Waals surface area contributed by atoms with Crippen molar-refractivity contribution in [2.24, 2.45) is 0 Å². The van der Waals surface area contributed by atoms with E-state index in [1.807, 2.05) is 0 Å². The topological polar surface area (TPSA) is 52.3 Å². The van der Waals surface area contributed by atoms with E-state index in [4.69, 9.17) is 10.5 Å². The van der Waals surface area contributed by atoms with Crippen molar-refractivity contribution in [1.82, 2.24) is 0 Å². The Morgan fingerprint density at radius 3 is 2.47 bits per heavy atom. The number of nitrogens with two attached hydrogens (primary N) is 1. The third-order valence-electron chi connectivity index (χ3n) is 2.65. The Balaban J connectivity index is 2.46. The van der Waals surface area contributed by atoms with E-state index < -0.39 is 17.4 Å². The molecule has 2 aromatic carbocycles. The molecule has 0 aliphatic rings. The van der Waals surface area contributed by atoms with Crippen molar-refractivity contribution in [3.05, 3.63) is 59.2 Å². The van der Waals surface area contributed by atoms with Gasteiger partial charge < -0.3 is 10.5 Å². The first-order chi connectivity index (χ1) is 9.02. The van der Waals surface area contributed by atoms with Gasteiger partial charge in [-0.3, -0.25) is 4.79 Å². The zero-order valence-corrected chi connectivity index (χ0v) is 10.1. The van der Waals surface area contributed by atoms with E-state index in [2.05, 4.69) is 0 Å². The first-order valence-electron chi connectivity index (χ1n) is 5.46. The third-order valence-corrected chi connectivity index (χ3v) is 2.65. The summed E-state index contributed by atoms with van der Waals surface area (Å²) in [5.41, 5.74) is 6.31. The van der Waals surface area contributed by atoms with Gasteiger partial charge in [-0.2, -0.15) is 0 Å². The van der Waals surface area contributed by atoms with Crippen molar-refractivity contribution in [2.45, 2.75) is 0 Å². The van der Waals surface area contributed by atoms with Gasteiger partial charge in [0.05, 0.1) is 12.7 Å². The second kappa shape index (κ2) is 5.06. The van der Waals surface area contributed by atoms with Crippen LogP contribution in [0.4, 0.5) is 14.5 Å². The van der Waals surface area contributed by atoms with Crippen molar-refractivity contribution >= 4 is 11.5 Å². The average Bonchev–Trinajstić information content (AvgIpc) is 2.41. The predicted molar refractivity (Wildman–Crippen MR) is 67.2 cm³/mol. The number of anilines is 1. The summed E-state index contributed by atoms with van der Waals surface area (Å²) in [7, 11) is 1.40. The first-order valence-corrected chi connectivity index (χ1v) is 5.46. The van der Waals surface area contributed by atoms with Crippen LogP contribution in [0, 0.1) is 11.6 Å². The summed E-state index contributed by atoms with van der Waals surface area (Å²) in [4.78, 5) is 12.2. The first kappa shape index (κ1) is 13.0. The van der Waals surface area contributed by atoms with Crippen LogP contribution >= 0.6 is 0 Å². The predicted octanol–water partition coefficient (Wildman–Crippen LogP) is 2.79. The molecule has 5 heteroatoms. The minimum atomic E-state index is -1.07. The third kappa shape index (κ3) is 2.54. The Labute approximate surface area is 108 Å². The molecule has 3 nitrogen and oxygen atoms in total. The van der Waals surface area contributed by atoms with Crippen LogP contribution in [0.1, 0.15) is 15.9 Å². The molecule has 0 bridgehead atoms. The lowest BCUT2D eigenvalue weighted by Crippen LogP contribution is -2.05. The number of hydrogen-bond acceptors (Lipinski definition) is 3. The van der Waals surface area contributed by atoms with Crippen molar-refractivity contribution in [3.63, 3.8) is 0 Å². The number of ether oxygens (including phenoxy) is 1. The standard InChI is InChI=1S/C14H11F2NO2/c1-19-13-7-9(17)3-4-10(13)14(18)8-2-5-11(15)12(16)6-8/h2-7H,17H2,1H3. The number of nitrogen functional groups attached to an aromatic ring is 1. The summed E-state index contributed by atoms with van der Waals surface area (Å²) in [6.07, 6.45) is 0. The maximum atomic E-state index is 13.1. The highest BCUT2D eigenvalue weighted by Gasteiger charge is 2.16. The van der Waals surface area contributed by atoms with Crippen LogP contribution in [0.3, 0.4) is 0 Å². The lowest BCUT2D eigenvalue weighted by atomic mass is 10.0. The number of halogens is 2. The summed E-state index contributed by atoms with van der Waals surface area (Å²) in [6.45, 7) is 0. The summed E-state index contributed by atoms with van der Waals surface area (Å²) in [6, 6.07) is 7.50. The summed E-state index contributed by atoms with van der Waals surface area (Å²) in [5.74, 6) is -2.24. The largest absolute Gasteiger partial charge is 0.496 e. The van der Waals surface area contributed by atoms with Crippen molar-refractivity contribution in [3.8, 4) is 5.75 Å². The minimum absolute atomic E-state index is 0.0435. The van der Waals surface area contributed by atoms with Gasteiger partial charge >= 0.3 is 0 Å². The molecule has 2 N–H and O–H groups in total. The molecule has 0 amide bonds. The Morgan fingerprint density at radius 1 is 1.11 bits per heavy atom. The zero-order valence-electron chi connectivity index (χ0n) is 10.1. The maximum absolute atomic E-state index is 13.1. The summed E-state index contributed by atoms with van der Waals surface area (Å²) >= 11 is 0. The molecule has 0 saturated carbocycles. The molecule has 19 heavy (non-hydrogen) atoms. The number of carbonyl (C=O) groups is 1. The molecule has 0 aliphatic heterocycles. The van der Waals surface area contributed by atoms with Crippen LogP contribution in [-0.2, 0) is 0 Å². The van der Waals surface area contributed by atoms with Crippen molar-refractivity contribution < 1.29 is 18.3 Å². The van der Waals surface area contributed by atoms with Gasteiger partial charge in [-0.25, -0.2) is 8.78 Å². The fourth-order valence-corrected chi connectivity index (χ4v) is 1.69. The number of benzene rings is 2. The van der Waals surface area contributed by atoms with E-state index in [0.717, 1.165) is 12.1 Å². The molecule has 0 aliphatic carbocycles. The van der Waals surface area contributed by atoms with Crippen LogP contribution < -0.4 is 10.5 Å². The van der Waals surface area contributed by atoms with Crippen LogP contribution in [0.2, 0.25) is 0 Å². The molecule has 0 atom stereocenters. The van der Waals surface area contributed by atoms with Gasteiger partial charge in [-0.15, -0.1) is 0 Å². The van der Waals surface area contributed by atoms with Crippen LogP contribution in [0.15, 0.2) is 36.4 Å². The Morgan fingerprint density at radius 2 is 1.84 bits per heavy atom. The van der Waals surface area contributed by atoms with E-state index in [9.17, 15) is 13.6 Å². The molecule has 0 radical (unpaired) electrons. The van der Waals surface area contributed by atoms with Crippen LogP contribution in [0.25, 0.3) is 0 Å². The van der Waals surface area contributed by atoms with Gasteiger partial charge in [0, 0.05) is 17.3 Å². The quantitative estimate of drug-likeness (QED) is 0.684. The molecule has 98 valence electrons. The number of methoxy groups -OCH3 is 1. The molecule has 2 aromatic rings. The molecule has 0 spiro atoms. The molecular formula is C14H11F2NO2. The number of hydrogen-bond donors (Lipinski definition) is 1. The highest BCUT2D eigenvalue weighted by Crippen LogP contribution is 2.24. The number of carbonyl (C=O) groups excluding carboxylic acids is 1. The zero-order chi connectivity index (χ0) is 14.0. The average molecular weight is 263 g/mol. The highest BCUT2D eigenvalue weighted by atomic mass is 19.2. The molecule has 0 fully saturated rings. The minimum Gasteiger partial charge on any atom is -0.496 e. The number of rotatable bonds is 3. The number of ketones is 1. The second-order valence-corrected chi connectivity index (χ2v) is 3.92. The normalized spacial score (nSPS) is 10.3. The summed E-state index contributed by atoms with van der Waals surface area (Å²) in [5, 5.41) is 0. The second-order valence-electron chi connectivity index (χ2n) is 3.92. The van der Waals surface area contributed by atoms with Gasteiger partial charge in [0.1, 0.15) is 5.75 Å². The fraction of sp³-hybridized carbons (Fsp3) is 0.0714. The van der Waals surface area contributed by atoms with E-state index >= 15 is 0 Å². The highest BCUT2D eigenvalue weighted by molar-refractivity contribution is 6.10. The lowest BCUT2D eigenvalue weighted by Gasteiger charge is -2.08. The molecular weight excluding hydrogens is 252 g/mol. The van der Waals surface area contributed by atoms with Crippen molar-refractivity contribution in [2.75, 3.05) is 12.8 Å². The van der Waals surface area contributed by atoms with Gasteiger partial charge in [0.2, 0.25) is 0 Å². The molecule has 0 heterocycles. The van der Waals surface area contributed by atoms with E-state index in [1.165, 1.54) is 31.4 Å². The smallest absolute Gasteiger partial charge is 0.196 e. The maximum Gasteiger partial charge on any atom is 0.196 e. The fourth-order valence-electron chi connectivity index (χ4n) is 1.69. The van der Waals surface area contributed by atoms with E-state index in [-0.39, 0.29) is 16.9 Å². The van der Waals surface area contributed by atoms with Gasteiger partial charge in [0.25, 0.3) is 0 Å². The van der Waals surface area contributed by atoms with E-state index in [1.54, 1.807) is 0 Å². The Bertz CT molecular complexity index is 641. The van der Waals surface area contributed by atoms with Crippen LogP contribution in [-0.4, -0.2) is 12.9 Å². The molecule has 2 rings (SSSR count). The lowest BCUT2D eigenvalue weighted by molar-refractivity contribution is 0.103. The molecule has 0 saturated heterocycles. The van der Waals surface area contributed by atoms with Crippen LogP contribution in [0.5, 0.6) is 5.75 Å². The van der Waals surface area contributed by atoms with E-state index in [0.29, 0.717) is 5.69 Å². The summed E-state index contributed by atoms with van der Waals surface area (Å²) < 4.78 is 31.0. The Kier molecular flexibility index (Phi) is 3.46. The van der Waals surface area contributed by atoms with Crippen molar-refractivity contribution in [1.29, 1.82) is 0 Å². The molecule has 0 aromatic heterocycles. The Hall–Kier alpha value is -2.43. The monoisotopic (exact) mass is 263 g/mol. The molecule has 0 unspecified atom stereocenters. The SMILES string of the molecule is COc1cc(N)ccc1C(=O)c1ccc(F)c(F)c1. The van der Waals surface area contributed by atoms with Gasteiger partial charge in [0.15, 0.2) is 17.4 Å².